The van der Waals surface area contributed by atoms with E-state index < -0.39 is 0 Å². The van der Waals surface area contributed by atoms with Gasteiger partial charge in [-0.15, -0.1) is 0 Å². The quantitative estimate of drug-likeness (QED) is 0.799. The monoisotopic (exact) mass is 271 g/mol. The summed E-state index contributed by atoms with van der Waals surface area (Å²) in [5.74, 6) is 0.529. The summed E-state index contributed by atoms with van der Waals surface area (Å²) in [6.07, 6.45) is 3.82. The van der Waals surface area contributed by atoms with Crippen molar-refractivity contribution in [3.05, 3.63) is 23.1 Å². The number of methoxy groups -OCH3 is 1. The number of nitrogens with zero attached hydrogens (tertiary/aromatic N) is 1. The van der Waals surface area contributed by atoms with Crippen molar-refractivity contribution in [2.24, 2.45) is 5.92 Å². The Labute approximate surface area is 112 Å². The number of carbonyl (C=O) groups excluding carboxylic acids is 1. The van der Waals surface area contributed by atoms with Gasteiger partial charge < -0.3 is 14.1 Å². The molecule has 0 saturated heterocycles. The molecule has 1 aliphatic carbocycles. The molecule has 1 saturated carbocycles. The maximum atomic E-state index is 12.4. The molecule has 1 unspecified atom stereocenters. The Morgan fingerprint density at radius 1 is 1.67 bits per heavy atom. The highest BCUT2D eigenvalue weighted by atomic mass is 35.5. The van der Waals surface area contributed by atoms with E-state index >= 15 is 0 Å². The molecule has 0 aromatic carbocycles. The minimum atomic E-state index is -0.0785. The summed E-state index contributed by atoms with van der Waals surface area (Å²) in [6.45, 7) is 3.19. The van der Waals surface area contributed by atoms with Crippen LogP contribution in [-0.4, -0.2) is 37.1 Å². The van der Waals surface area contributed by atoms with E-state index in [0.29, 0.717) is 24.6 Å². The molecule has 100 valence electrons. The SMILES string of the molecule is COCCN(C(=O)c1ccoc1Cl)C(C)C1CC1. The molecule has 1 amide bonds. The average molecular weight is 272 g/mol. The average Bonchev–Trinajstić information content (AvgIpc) is 3.12. The zero-order chi connectivity index (χ0) is 13.1. The lowest BCUT2D eigenvalue weighted by atomic mass is 10.1. The molecule has 0 bridgehead atoms. The molecule has 4 nitrogen and oxygen atoms in total. The zero-order valence-electron chi connectivity index (χ0n) is 10.7. The predicted octanol–water partition coefficient (Wildman–Crippen LogP) is 2.82. The van der Waals surface area contributed by atoms with Crippen molar-refractivity contribution in [2.75, 3.05) is 20.3 Å². The Hall–Kier alpha value is -1.00. The summed E-state index contributed by atoms with van der Waals surface area (Å²) < 4.78 is 10.1. The topological polar surface area (TPSA) is 42.7 Å². The Balaban J connectivity index is 2.12. The van der Waals surface area contributed by atoms with Crippen LogP contribution in [-0.2, 0) is 4.74 Å². The maximum Gasteiger partial charge on any atom is 0.259 e. The third kappa shape index (κ3) is 2.87. The zero-order valence-corrected chi connectivity index (χ0v) is 11.4. The third-order valence-electron chi connectivity index (χ3n) is 3.44. The first-order valence-corrected chi connectivity index (χ1v) is 6.56. The van der Waals surface area contributed by atoms with Gasteiger partial charge in [-0.2, -0.15) is 0 Å². The third-order valence-corrected chi connectivity index (χ3v) is 3.73. The summed E-state index contributed by atoms with van der Waals surface area (Å²) in [4.78, 5) is 14.3. The smallest absolute Gasteiger partial charge is 0.259 e. The van der Waals surface area contributed by atoms with Crippen molar-refractivity contribution in [2.45, 2.75) is 25.8 Å². The number of amides is 1. The molecule has 1 fully saturated rings. The van der Waals surface area contributed by atoms with E-state index in [0.717, 1.165) is 0 Å². The number of hydrogen-bond donors (Lipinski definition) is 0. The van der Waals surface area contributed by atoms with E-state index in [9.17, 15) is 4.79 Å². The second-order valence-electron chi connectivity index (χ2n) is 4.68. The summed E-state index contributed by atoms with van der Waals surface area (Å²) >= 11 is 5.87. The van der Waals surface area contributed by atoms with Gasteiger partial charge in [0.2, 0.25) is 5.22 Å². The van der Waals surface area contributed by atoms with Crippen LogP contribution in [0.2, 0.25) is 5.22 Å². The van der Waals surface area contributed by atoms with Crippen molar-refractivity contribution in [3.8, 4) is 0 Å². The summed E-state index contributed by atoms with van der Waals surface area (Å²) in [5, 5.41) is 0.158. The molecular formula is C13H18ClNO3. The van der Waals surface area contributed by atoms with Crippen molar-refractivity contribution in [1.82, 2.24) is 4.90 Å². The molecule has 1 heterocycles. The number of carbonyl (C=O) groups is 1. The number of hydrogen-bond acceptors (Lipinski definition) is 3. The minimum absolute atomic E-state index is 0.0785. The fourth-order valence-corrected chi connectivity index (χ4v) is 2.31. The lowest BCUT2D eigenvalue weighted by Crippen LogP contribution is -2.41. The van der Waals surface area contributed by atoms with Crippen LogP contribution in [0, 0.1) is 5.92 Å². The van der Waals surface area contributed by atoms with Crippen LogP contribution in [0.4, 0.5) is 0 Å². The minimum Gasteiger partial charge on any atom is -0.452 e. The number of rotatable bonds is 6. The number of halogens is 1. The highest BCUT2D eigenvalue weighted by Crippen LogP contribution is 2.36. The molecule has 1 atom stereocenters. The van der Waals surface area contributed by atoms with Gasteiger partial charge in [0.1, 0.15) is 0 Å². The van der Waals surface area contributed by atoms with E-state index in [2.05, 4.69) is 6.92 Å². The molecule has 1 aliphatic rings. The van der Waals surface area contributed by atoms with E-state index in [4.69, 9.17) is 20.8 Å². The normalized spacial score (nSPS) is 16.6. The molecule has 0 radical (unpaired) electrons. The van der Waals surface area contributed by atoms with Crippen molar-refractivity contribution < 1.29 is 13.9 Å². The van der Waals surface area contributed by atoms with Gasteiger partial charge in [-0.3, -0.25) is 4.79 Å². The van der Waals surface area contributed by atoms with Crippen LogP contribution in [0.3, 0.4) is 0 Å². The second kappa shape index (κ2) is 5.76. The fourth-order valence-electron chi connectivity index (χ4n) is 2.11. The van der Waals surface area contributed by atoms with Gasteiger partial charge in [-0.05, 0) is 43.4 Å². The molecule has 0 aliphatic heterocycles. The van der Waals surface area contributed by atoms with Crippen molar-refractivity contribution in [1.29, 1.82) is 0 Å². The van der Waals surface area contributed by atoms with Crippen molar-refractivity contribution in [3.63, 3.8) is 0 Å². The first kappa shape index (κ1) is 13.4. The van der Waals surface area contributed by atoms with Crippen molar-refractivity contribution >= 4 is 17.5 Å². The Morgan fingerprint density at radius 3 is 2.89 bits per heavy atom. The molecular weight excluding hydrogens is 254 g/mol. The molecule has 0 N–H and O–H groups in total. The molecule has 18 heavy (non-hydrogen) atoms. The summed E-state index contributed by atoms with van der Waals surface area (Å²) in [5.41, 5.74) is 0.431. The molecule has 0 spiro atoms. The second-order valence-corrected chi connectivity index (χ2v) is 5.02. The Bertz CT molecular complexity index is 414. The van der Waals surface area contributed by atoms with Gasteiger partial charge in [0.05, 0.1) is 18.4 Å². The number of furan rings is 1. The van der Waals surface area contributed by atoms with E-state index in [1.165, 1.54) is 19.1 Å². The van der Waals surface area contributed by atoms with Gasteiger partial charge in [0.15, 0.2) is 0 Å². The largest absolute Gasteiger partial charge is 0.452 e. The lowest BCUT2D eigenvalue weighted by molar-refractivity contribution is 0.0594. The van der Waals surface area contributed by atoms with Crippen LogP contribution in [0.15, 0.2) is 16.7 Å². The Morgan fingerprint density at radius 2 is 2.39 bits per heavy atom. The van der Waals surface area contributed by atoms with Crippen LogP contribution in [0.1, 0.15) is 30.1 Å². The fraction of sp³-hybridized carbons (Fsp3) is 0.615. The summed E-state index contributed by atoms with van der Waals surface area (Å²) in [6, 6.07) is 1.84. The Kier molecular flexibility index (Phi) is 4.30. The standard InChI is InChI=1S/C13H18ClNO3/c1-9(10-3-4-10)15(6-8-17-2)13(16)11-5-7-18-12(11)14/h5,7,9-10H,3-4,6,8H2,1-2H3. The predicted molar refractivity (Wildman–Crippen MR) is 68.8 cm³/mol. The highest BCUT2D eigenvalue weighted by molar-refractivity contribution is 6.32. The first-order chi connectivity index (χ1) is 8.65. The van der Waals surface area contributed by atoms with E-state index in [-0.39, 0.29) is 17.2 Å². The maximum absolute atomic E-state index is 12.4. The van der Waals surface area contributed by atoms with Crippen LogP contribution in [0.25, 0.3) is 0 Å². The van der Waals surface area contributed by atoms with Gasteiger partial charge in [-0.25, -0.2) is 0 Å². The molecule has 2 rings (SSSR count). The van der Waals surface area contributed by atoms with Gasteiger partial charge in [0.25, 0.3) is 5.91 Å². The van der Waals surface area contributed by atoms with Crippen LogP contribution in [0.5, 0.6) is 0 Å². The summed E-state index contributed by atoms with van der Waals surface area (Å²) in [7, 11) is 1.63. The lowest BCUT2D eigenvalue weighted by Gasteiger charge is -2.29. The highest BCUT2D eigenvalue weighted by Gasteiger charge is 2.35. The van der Waals surface area contributed by atoms with Crippen LogP contribution < -0.4 is 0 Å². The van der Waals surface area contributed by atoms with E-state index in [1.54, 1.807) is 13.2 Å². The van der Waals surface area contributed by atoms with Gasteiger partial charge in [0, 0.05) is 19.7 Å². The molecule has 1 aromatic heterocycles. The van der Waals surface area contributed by atoms with Gasteiger partial charge in [-0.1, -0.05) is 0 Å². The van der Waals surface area contributed by atoms with Gasteiger partial charge >= 0.3 is 0 Å². The van der Waals surface area contributed by atoms with Crippen LogP contribution >= 0.6 is 11.6 Å². The molecule has 5 heteroatoms. The van der Waals surface area contributed by atoms with E-state index in [1.807, 2.05) is 4.90 Å². The first-order valence-electron chi connectivity index (χ1n) is 6.18. The number of ether oxygens (including phenoxy) is 1. The molecule has 1 aromatic rings.